The van der Waals surface area contributed by atoms with Crippen molar-refractivity contribution in [3.8, 4) is 0 Å². The van der Waals surface area contributed by atoms with Crippen molar-refractivity contribution in [2.24, 2.45) is 0 Å². The van der Waals surface area contributed by atoms with E-state index >= 15 is 0 Å². The van der Waals surface area contributed by atoms with Crippen LogP contribution in [0.4, 0.5) is 8.78 Å². The lowest BCUT2D eigenvalue weighted by molar-refractivity contribution is -0.137. The third-order valence-corrected chi connectivity index (χ3v) is 3.40. The van der Waals surface area contributed by atoms with Gasteiger partial charge in [-0.15, -0.1) is 0 Å². The van der Waals surface area contributed by atoms with Crippen LogP contribution < -0.4 is 5.32 Å². The zero-order valence-electron chi connectivity index (χ0n) is 11.7. The van der Waals surface area contributed by atoms with Gasteiger partial charge in [-0.2, -0.15) is 0 Å². The SMILES string of the molecule is O=C(O)C[C@H](NC(=O)c1c(F)cccc1F)c1ccc(Cl)cc1. The van der Waals surface area contributed by atoms with E-state index in [2.05, 4.69) is 5.32 Å². The summed E-state index contributed by atoms with van der Waals surface area (Å²) >= 11 is 5.76. The maximum absolute atomic E-state index is 13.6. The standard InChI is InChI=1S/C16H12ClF2NO3/c17-10-6-4-9(5-7-10)13(8-14(21)22)20-16(23)15-11(18)2-1-3-12(15)19/h1-7,13H,8H2,(H,20,23)(H,21,22)/t13-/m0/s1. The number of rotatable bonds is 5. The van der Waals surface area contributed by atoms with Crippen LogP contribution in [-0.4, -0.2) is 17.0 Å². The van der Waals surface area contributed by atoms with Crippen molar-refractivity contribution < 1.29 is 23.5 Å². The van der Waals surface area contributed by atoms with Gasteiger partial charge in [-0.05, 0) is 29.8 Å². The van der Waals surface area contributed by atoms with Gasteiger partial charge in [0, 0.05) is 5.02 Å². The number of nitrogens with one attached hydrogen (secondary N) is 1. The highest BCUT2D eigenvalue weighted by Gasteiger charge is 2.23. The first kappa shape index (κ1) is 16.9. The predicted molar refractivity (Wildman–Crippen MR) is 80.3 cm³/mol. The summed E-state index contributed by atoms with van der Waals surface area (Å²) in [5, 5.41) is 11.7. The summed E-state index contributed by atoms with van der Waals surface area (Å²) in [5.74, 6) is -4.23. The molecule has 0 saturated heterocycles. The topological polar surface area (TPSA) is 66.4 Å². The Kier molecular flexibility index (Phi) is 5.28. The number of hydrogen-bond donors (Lipinski definition) is 2. The number of hydrogen-bond acceptors (Lipinski definition) is 2. The molecule has 4 nitrogen and oxygen atoms in total. The lowest BCUT2D eigenvalue weighted by atomic mass is 10.0. The summed E-state index contributed by atoms with van der Waals surface area (Å²) in [4.78, 5) is 23.1. The molecule has 0 fully saturated rings. The van der Waals surface area contributed by atoms with Gasteiger partial charge in [0.25, 0.3) is 5.91 Å². The highest BCUT2D eigenvalue weighted by Crippen LogP contribution is 2.21. The summed E-state index contributed by atoms with van der Waals surface area (Å²) in [6.07, 6.45) is -0.441. The molecule has 0 spiro atoms. The monoisotopic (exact) mass is 339 g/mol. The molecule has 2 rings (SSSR count). The first-order chi connectivity index (χ1) is 10.9. The lowest BCUT2D eigenvalue weighted by Gasteiger charge is -2.18. The second-order valence-electron chi connectivity index (χ2n) is 4.77. The van der Waals surface area contributed by atoms with Crippen LogP contribution in [0.1, 0.15) is 28.4 Å². The second kappa shape index (κ2) is 7.19. The van der Waals surface area contributed by atoms with Crippen LogP contribution in [0.5, 0.6) is 0 Å². The highest BCUT2D eigenvalue weighted by molar-refractivity contribution is 6.30. The van der Waals surface area contributed by atoms with Crippen molar-refractivity contribution in [3.05, 3.63) is 70.2 Å². The van der Waals surface area contributed by atoms with Crippen molar-refractivity contribution >= 4 is 23.5 Å². The van der Waals surface area contributed by atoms with Crippen molar-refractivity contribution in [2.75, 3.05) is 0 Å². The number of carbonyl (C=O) groups is 2. The Balaban J connectivity index is 2.29. The predicted octanol–water partition coefficient (Wildman–Crippen LogP) is 3.56. The molecule has 0 aliphatic rings. The number of carboxylic acids is 1. The Morgan fingerprint density at radius 1 is 1.09 bits per heavy atom. The average Bonchev–Trinajstić information content (AvgIpc) is 2.46. The van der Waals surface area contributed by atoms with Gasteiger partial charge in [-0.3, -0.25) is 9.59 Å². The average molecular weight is 340 g/mol. The molecule has 0 aromatic heterocycles. The first-order valence-electron chi connectivity index (χ1n) is 6.60. The zero-order valence-corrected chi connectivity index (χ0v) is 12.5. The number of carboxylic acid groups (broad SMARTS) is 1. The van der Waals surface area contributed by atoms with Gasteiger partial charge in [0.2, 0.25) is 0 Å². The lowest BCUT2D eigenvalue weighted by Crippen LogP contribution is -2.31. The third kappa shape index (κ3) is 4.26. The fourth-order valence-corrected chi connectivity index (χ4v) is 2.19. The number of carbonyl (C=O) groups excluding carboxylic acids is 1. The van der Waals surface area contributed by atoms with E-state index in [0.717, 1.165) is 18.2 Å². The molecule has 2 N–H and O–H groups in total. The highest BCUT2D eigenvalue weighted by atomic mass is 35.5. The van der Waals surface area contributed by atoms with E-state index in [1.807, 2.05) is 0 Å². The fourth-order valence-electron chi connectivity index (χ4n) is 2.07. The maximum Gasteiger partial charge on any atom is 0.305 e. The third-order valence-electron chi connectivity index (χ3n) is 3.15. The summed E-state index contributed by atoms with van der Waals surface area (Å²) < 4.78 is 27.3. The van der Waals surface area contributed by atoms with Crippen LogP contribution in [0.15, 0.2) is 42.5 Å². The quantitative estimate of drug-likeness (QED) is 0.875. The minimum absolute atomic E-state index is 0.439. The molecule has 2 aromatic carbocycles. The van der Waals surface area contributed by atoms with Crippen molar-refractivity contribution in [2.45, 2.75) is 12.5 Å². The Morgan fingerprint density at radius 2 is 1.65 bits per heavy atom. The maximum atomic E-state index is 13.6. The zero-order chi connectivity index (χ0) is 17.0. The minimum atomic E-state index is -1.17. The molecule has 23 heavy (non-hydrogen) atoms. The molecule has 1 atom stereocenters. The molecule has 1 amide bonds. The molecule has 7 heteroatoms. The molecule has 0 aliphatic heterocycles. The van der Waals surface area contributed by atoms with Crippen molar-refractivity contribution in [1.82, 2.24) is 5.32 Å². The molecule has 0 saturated carbocycles. The van der Waals surface area contributed by atoms with Crippen LogP contribution in [0, 0.1) is 11.6 Å². The normalized spacial score (nSPS) is 11.8. The first-order valence-corrected chi connectivity index (χ1v) is 6.98. The molecule has 2 aromatic rings. The molecule has 0 radical (unpaired) electrons. The summed E-state index contributed by atoms with van der Waals surface area (Å²) in [6.45, 7) is 0. The van der Waals surface area contributed by atoms with Gasteiger partial charge >= 0.3 is 5.97 Å². The van der Waals surface area contributed by atoms with Gasteiger partial charge in [-0.25, -0.2) is 8.78 Å². The minimum Gasteiger partial charge on any atom is -0.481 e. The second-order valence-corrected chi connectivity index (χ2v) is 5.21. The largest absolute Gasteiger partial charge is 0.481 e. The van der Waals surface area contributed by atoms with Gasteiger partial charge < -0.3 is 10.4 Å². The van der Waals surface area contributed by atoms with Gasteiger partial charge in [0.1, 0.15) is 17.2 Å². The molecule has 0 bridgehead atoms. The summed E-state index contributed by atoms with van der Waals surface area (Å²) in [7, 11) is 0. The summed E-state index contributed by atoms with van der Waals surface area (Å²) in [5.41, 5.74) is -0.293. The van der Waals surface area contributed by atoms with E-state index in [0.29, 0.717) is 10.6 Å². The molecule has 0 heterocycles. The Hall–Kier alpha value is -2.47. The van der Waals surface area contributed by atoms with E-state index in [4.69, 9.17) is 16.7 Å². The van der Waals surface area contributed by atoms with E-state index < -0.39 is 41.5 Å². The van der Waals surface area contributed by atoms with Crippen LogP contribution in [0.3, 0.4) is 0 Å². The van der Waals surface area contributed by atoms with Crippen LogP contribution >= 0.6 is 11.6 Å². The van der Waals surface area contributed by atoms with E-state index in [-0.39, 0.29) is 0 Å². The Morgan fingerprint density at radius 3 is 2.17 bits per heavy atom. The molecular weight excluding hydrogens is 328 g/mol. The van der Waals surface area contributed by atoms with E-state index in [1.54, 1.807) is 0 Å². The molecule has 0 aliphatic carbocycles. The van der Waals surface area contributed by atoms with Crippen molar-refractivity contribution in [3.63, 3.8) is 0 Å². The van der Waals surface area contributed by atoms with Crippen LogP contribution in [0.2, 0.25) is 5.02 Å². The molecule has 120 valence electrons. The number of amides is 1. The van der Waals surface area contributed by atoms with Gasteiger partial charge in [0.15, 0.2) is 0 Å². The van der Waals surface area contributed by atoms with E-state index in [1.165, 1.54) is 24.3 Å². The number of benzene rings is 2. The Bertz CT molecular complexity index is 714. The van der Waals surface area contributed by atoms with E-state index in [9.17, 15) is 18.4 Å². The Labute approximate surface area is 135 Å². The fraction of sp³-hybridized carbons (Fsp3) is 0.125. The number of aliphatic carboxylic acids is 1. The van der Waals surface area contributed by atoms with Crippen LogP contribution in [-0.2, 0) is 4.79 Å². The number of halogens is 3. The smallest absolute Gasteiger partial charge is 0.305 e. The summed E-state index contributed by atoms with van der Waals surface area (Å²) in [6, 6.07) is 8.22. The van der Waals surface area contributed by atoms with Crippen molar-refractivity contribution in [1.29, 1.82) is 0 Å². The molecular formula is C16H12ClF2NO3. The van der Waals surface area contributed by atoms with Gasteiger partial charge in [0.05, 0.1) is 12.5 Å². The van der Waals surface area contributed by atoms with Crippen LogP contribution in [0.25, 0.3) is 0 Å². The van der Waals surface area contributed by atoms with Gasteiger partial charge in [-0.1, -0.05) is 29.8 Å². The molecule has 0 unspecified atom stereocenters.